The van der Waals surface area contributed by atoms with E-state index in [1.54, 1.807) is 0 Å². The highest BCUT2D eigenvalue weighted by atomic mass is 16.6. The Bertz CT molecular complexity index is 1290. The SMILES string of the molecule is CC(=O)Oc1ccc(-c2oc3cc(OC(C)O)cc(OC(C)=O)c3c(=O)c2OC(C)=O)cc1. The summed E-state index contributed by atoms with van der Waals surface area (Å²) in [5.41, 5.74) is -0.494. The molecule has 2 aromatic carbocycles. The van der Waals surface area contributed by atoms with E-state index in [1.807, 2.05) is 0 Å². The molecule has 0 spiro atoms. The van der Waals surface area contributed by atoms with Gasteiger partial charge in [0.25, 0.3) is 0 Å². The average Bonchev–Trinajstić information content (AvgIpc) is 2.68. The standard InChI is InChI=1S/C23H20O10/c1-11(24)29-16-7-5-15(6-8-16)22-23(32-14(4)27)21(28)20-18(31-13(3)26)9-17(30-12(2)25)10-19(20)33-22/h5-10,12,25H,1-4H3. The van der Waals surface area contributed by atoms with Gasteiger partial charge >= 0.3 is 17.9 Å². The van der Waals surface area contributed by atoms with Crippen molar-refractivity contribution in [2.24, 2.45) is 0 Å². The van der Waals surface area contributed by atoms with Crippen LogP contribution in [0.15, 0.2) is 45.6 Å². The fraction of sp³-hybridized carbons (Fsp3) is 0.217. The number of carbonyl (C=O) groups is 3. The summed E-state index contributed by atoms with van der Waals surface area (Å²) in [5, 5.41) is 9.39. The van der Waals surface area contributed by atoms with Crippen LogP contribution in [0.5, 0.6) is 23.0 Å². The Morgan fingerprint density at radius 1 is 0.879 bits per heavy atom. The lowest BCUT2D eigenvalue weighted by Gasteiger charge is -2.14. The quantitative estimate of drug-likeness (QED) is 0.335. The lowest BCUT2D eigenvalue weighted by molar-refractivity contribution is -0.133. The number of hydrogen-bond donors (Lipinski definition) is 1. The number of fused-ring (bicyclic) bond motifs is 1. The molecule has 1 unspecified atom stereocenters. The molecule has 0 bridgehead atoms. The van der Waals surface area contributed by atoms with Gasteiger partial charge in [-0.1, -0.05) is 0 Å². The van der Waals surface area contributed by atoms with Gasteiger partial charge in [0.1, 0.15) is 28.2 Å². The van der Waals surface area contributed by atoms with Crippen molar-refractivity contribution in [1.29, 1.82) is 0 Å². The Labute approximate surface area is 187 Å². The maximum atomic E-state index is 13.3. The Balaban J connectivity index is 2.29. The van der Waals surface area contributed by atoms with E-state index in [0.29, 0.717) is 5.56 Å². The van der Waals surface area contributed by atoms with Crippen molar-refractivity contribution >= 4 is 28.9 Å². The van der Waals surface area contributed by atoms with Crippen LogP contribution in [0, 0.1) is 0 Å². The predicted molar refractivity (Wildman–Crippen MR) is 114 cm³/mol. The highest BCUT2D eigenvalue weighted by Crippen LogP contribution is 2.37. The van der Waals surface area contributed by atoms with E-state index in [1.165, 1.54) is 50.2 Å². The molecule has 1 aromatic heterocycles. The van der Waals surface area contributed by atoms with Crippen LogP contribution in [0.4, 0.5) is 0 Å². The van der Waals surface area contributed by atoms with Crippen molar-refractivity contribution in [3.8, 4) is 34.3 Å². The van der Waals surface area contributed by atoms with Crippen LogP contribution in [0.3, 0.4) is 0 Å². The lowest BCUT2D eigenvalue weighted by Crippen LogP contribution is -2.15. The molecule has 3 rings (SSSR count). The minimum Gasteiger partial charge on any atom is -0.465 e. The largest absolute Gasteiger partial charge is 0.465 e. The summed E-state index contributed by atoms with van der Waals surface area (Å²) in [6.45, 7) is 4.87. The second-order valence-corrected chi connectivity index (χ2v) is 6.91. The Morgan fingerprint density at radius 2 is 1.48 bits per heavy atom. The summed E-state index contributed by atoms with van der Waals surface area (Å²) >= 11 is 0. The van der Waals surface area contributed by atoms with Gasteiger partial charge in [-0.2, -0.15) is 0 Å². The topological polar surface area (TPSA) is 139 Å². The van der Waals surface area contributed by atoms with E-state index in [0.717, 1.165) is 13.8 Å². The minimum absolute atomic E-state index is 0.0515. The molecule has 10 heteroatoms. The maximum absolute atomic E-state index is 13.3. The van der Waals surface area contributed by atoms with E-state index in [4.69, 9.17) is 23.4 Å². The molecule has 0 saturated carbocycles. The van der Waals surface area contributed by atoms with Crippen LogP contribution in [0.25, 0.3) is 22.3 Å². The highest BCUT2D eigenvalue weighted by Gasteiger charge is 2.24. The highest BCUT2D eigenvalue weighted by molar-refractivity contribution is 5.91. The first-order valence-corrected chi connectivity index (χ1v) is 9.70. The molecule has 1 N–H and O–H groups in total. The van der Waals surface area contributed by atoms with E-state index in [-0.39, 0.29) is 34.0 Å². The number of aliphatic hydroxyl groups is 1. The van der Waals surface area contributed by atoms with Gasteiger partial charge in [-0.25, -0.2) is 0 Å². The first-order valence-electron chi connectivity index (χ1n) is 9.70. The van der Waals surface area contributed by atoms with E-state index >= 15 is 0 Å². The van der Waals surface area contributed by atoms with Crippen LogP contribution < -0.4 is 24.4 Å². The molecular weight excluding hydrogens is 436 g/mol. The van der Waals surface area contributed by atoms with Gasteiger partial charge in [0, 0.05) is 38.5 Å². The Hall–Kier alpha value is -4.18. The van der Waals surface area contributed by atoms with E-state index in [2.05, 4.69) is 0 Å². The molecule has 10 nitrogen and oxygen atoms in total. The van der Waals surface area contributed by atoms with Gasteiger partial charge in [0.15, 0.2) is 12.1 Å². The van der Waals surface area contributed by atoms with Crippen molar-refractivity contribution in [2.75, 3.05) is 0 Å². The summed E-state index contributed by atoms with van der Waals surface area (Å²) < 4.78 is 26.4. The lowest BCUT2D eigenvalue weighted by atomic mass is 10.1. The number of aliphatic hydroxyl groups excluding tert-OH is 1. The molecule has 0 aliphatic carbocycles. The summed E-state index contributed by atoms with van der Waals surface area (Å²) in [7, 11) is 0. The van der Waals surface area contributed by atoms with Gasteiger partial charge in [0.2, 0.25) is 11.2 Å². The monoisotopic (exact) mass is 456 g/mol. The molecule has 0 saturated heterocycles. The molecule has 1 atom stereocenters. The summed E-state index contributed by atoms with van der Waals surface area (Å²) in [4.78, 5) is 47.8. The van der Waals surface area contributed by atoms with Crippen LogP contribution in [0.1, 0.15) is 27.7 Å². The zero-order chi connectivity index (χ0) is 24.3. The van der Waals surface area contributed by atoms with Crippen LogP contribution in [0.2, 0.25) is 0 Å². The van der Waals surface area contributed by atoms with Crippen LogP contribution in [-0.2, 0) is 14.4 Å². The second-order valence-electron chi connectivity index (χ2n) is 6.91. The first-order chi connectivity index (χ1) is 15.5. The predicted octanol–water partition coefficient (Wildman–Crippen LogP) is 2.95. The zero-order valence-corrected chi connectivity index (χ0v) is 18.2. The molecule has 0 aliphatic rings. The van der Waals surface area contributed by atoms with Crippen molar-refractivity contribution in [2.45, 2.75) is 34.0 Å². The normalized spacial score (nSPS) is 11.5. The van der Waals surface area contributed by atoms with E-state index < -0.39 is 35.4 Å². The number of ether oxygens (including phenoxy) is 4. The molecule has 0 aliphatic heterocycles. The number of carbonyl (C=O) groups excluding carboxylic acids is 3. The first kappa shape index (κ1) is 23.5. The average molecular weight is 456 g/mol. The fourth-order valence-corrected chi connectivity index (χ4v) is 3.01. The van der Waals surface area contributed by atoms with Crippen molar-refractivity contribution in [3.63, 3.8) is 0 Å². The summed E-state index contributed by atoms with van der Waals surface area (Å²) in [6, 6.07) is 8.49. The molecular formula is C23H20O10. The third-order valence-electron chi connectivity index (χ3n) is 4.08. The van der Waals surface area contributed by atoms with Gasteiger partial charge in [0.05, 0.1) is 0 Å². The Morgan fingerprint density at radius 3 is 2.03 bits per heavy atom. The van der Waals surface area contributed by atoms with Crippen LogP contribution >= 0.6 is 0 Å². The van der Waals surface area contributed by atoms with Crippen LogP contribution in [-0.4, -0.2) is 29.3 Å². The summed E-state index contributed by atoms with van der Waals surface area (Å²) in [5.74, 6) is -2.40. The van der Waals surface area contributed by atoms with Gasteiger partial charge in [-0.15, -0.1) is 0 Å². The van der Waals surface area contributed by atoms with Gasteiger partial charge in [-0.05, 0) is 31.2 Å². The number of hydrogen-bond acceptors (Lipinski definition) is 10. The molecule has 0 amide bonds. The van der Waals surface area contributed by atoms with Gasteiger partial charge < -0.3 is 28.5 Å². The van der Waals surface area contributed by atoms with Gasteiger partial charge in [-0.3, -0.25) is 19.2 Å². The molecule has 0 radical (unpaired) electrons. The third-order valence-corrected chi connectivity index (χ3v) is 4.08. The molecule has 33 heavy (non-hydrogen) atoms. The third kappa shape index (κ3) is 5.55. The fourth-order valence-electron chi connectivity index (χ4n) is 3.01. The molecule has 1 heterocycles. The van der Waals surface area contributed by atoms with E-state index in [9.17, 15) is 24.3 Å². The smallest absolute Gasteiger partial charge is 0.308 e. The van der Waals surface area contributed by atoms with Crippen molar-refractivity contribution in [1.82, 2.24) is 0 Å². The number of rotatable bonds is 6. The molecule has 3 aromatic rings. The van der Waals surface area contributed by atoms with Crippen molar-refractivity contribution < 1.29 is 42.9 Å². The second kappa shape index (κ2) is 9.53. The molecule has 0 fully saturated rings. The Kier molecular flexibility index (Phi) is 6.78. The zero-order valence-electron chi connectivity index (χ0n) is 18.2. The maximum Gasteiger partial charge on any atom is 0.308 e. The number of benzene rings is 2. The molecule has 172 valence electrons. The minimum atomic E-state index is -1.20. The summed E-state index contributed by atoms with van der Waals surface area (Å²) in [6.07, 6.45) is -1.20. The van der Waals surface area contributed by atoms with Crippen molar-refractivity contribution in [3.05, 3.63) is 46.6 Å². The number of esters is 3.